The first-order chi connectivity index (χ1) is 5.86. The number of hydrogen-bond donors (Lipinski definition) is 0. The minimum Gasteiger partial charge on any atom is -0.481 e. The molecule has 0 amide bonds. The van der Waals surface area contributed by atoms with Crippen molar-refractivity contribution in [2.24, 2.45) is 0 Å². The Morgan fingerprint density at radius 3 is 2.67 bits per heavy atom. The van der Waals surface area contributed by atoms with Gasteiger partial charge in [0, 0.05) is 17.8 Å². The molecule has 0 spiro atoms. The van der Waals surface area contributed by atoms with Crippen LogP contribution in [0.15, 0.2) is 18.3 Å². The van der Waals surface area contributed by atoms with Crippen LogP contribution in [0.25, 0.3) is 0 Å². The minimum absolute atomic E-state index is 0.463. The molecule has 3 heteroatoms. The Labute approximate surface area is 72.4 Å². The van der Waals surface area contributed by atoms with E-state index in [2.05, 4.69) is 4.98 Å². The maximum Gasteiger partial charge on any atom is 0.213 e. The lowest BCUT2D eigenvalue weighted by molar-refractivity contribution is 0.112. The van der Waals surface area contributed by atoms with Gasteiger partial charge in [0.05, 0.1) is 7.11 Å². The molecule has 66 valence electrons. The molecule has 0 aliphatic carbocycles. The molecule has 0 unspecified atom stereocenters. The molecule has 0 radical (unpaired) electrons. The smallest absolute Gasteiger partial charge is 0.213 e. The van der Waals surface area contributed by atoms with Crippen LogP contribution in [-0.2, 0) is 0 Å². The normalized spacial score (nSPS) is 7.92. The summed E-state index contributed by atoms with van der Waals surface area (Å²) in [7, 11) is 1.51. The third-order valence-electron chi connectivity index (χ3n) is 1.10. The summed E-state index contributed by atoms with van der Waals surface area (Å²) in [6, 6.07) is 3.20. The summed E-state index contributed by atoms with van der Waals surface area (Å²) < 4.78 is 4.79. The lowest BCUT2D eigenvalue weighted by Gasteiger charge is -1.95. The number of ether oxygens (including phenoxy) is 1. The average Bonchev–Trinajstić information content (AvgIpc) is 2.21. The maximum atomic E-state index is 10.2. The largest absolute Gasteiger partial charge is 0.481 e. The molecule has 1 aromatic heterocycles. The molecular weight excluding hydrogens is 154 g/mol. The standard InChI is InChI=1S/C7H7NO2.C2H6/c1-10-7-4-6(5-9)2-3-8-7;1-2/h2-5H,1H3;1-2H3. The second-order valence-corrected chi connectivity index (χ2v) is 1.75. The molecule has 0 N–H and O–H groups in total. The van der Waals surface area contributed by atoms with Crippen molar-refractivity contribution in [2.75, 3.05) is 7.11 Å². The van der Waals surface area contributed by atoms with E-state index in [-0.39, 0.29) is 0 Å². The number of carbonyl (C=O) groups is 1. The zero-order chi connectivity index (χ0) is 9.40. The predicted molar refractivity (Wildman–Crippen MR) is 47.5 cm³/mol. The Morgan fingerprint density at radius 2 is 2.17 bits per heavy atom. The molecule has 1 rings (SSSR count). The van der Waals surface area contributed by atoms with Crippen LogP contribution in [0.5, 0.6) is 5.88 Å². The predicted octanol–water partition coefficient (Wildman–Crippen LogP) is 1.93. The fourth-order valence-corrected chi connectivity index (χ4v) is 0.610. The van der Waals surface area contributed by atoms with Crippen molar-refractivity contribution >= 4 is 6.29 Å². The number of aldehydes is 1. The summed E-state index contributed by atoms with van der Waals surface area (Å²) in [5, 5.41) is 0. The van der Waals surface area contributed by atoms with Gasteiger partial charge in [0.15, 0.2) is 0 Å². The second-order valence-electron chi connectivity index (χ2n) is 1.75. The Bertz CT molecular complexity index is 236. The van der Waals surface area contributed by atoms with Gasteiger partial charge < -0.3 is 4.74 Å². The molecule has 0 atom stereocenters. The fourth-order valence-electron chi connectivity index (χ4n) is 0.610. The van der Waals surface area contributed by atoms with Gasteiger partial charge in [-0.2, -0.15) is 0 Å². The van der Waals surface area contributed by atoms with E-state index in [0.29, 0.717) is 11.4 Å². The molecule has 0 aliphatic heterocycles. The molecule has 0 bridgehead atoms. The summed E-state index contributed by atoms with van der Waals surface area (Å²) in [5.74, 6) is 0.463. The van der Waals surface area contributed by atoms with E-state index >= 15 is 0 Å². The van der Waals surface area contributed by atoms with Crippen molar-refractivity contribution < 1.29 is 9.53 Å². The first kappa shape index (κ1) is 10.6. The van der Waals surface area contributed by atoms with Gasteiger partial charge in [-0.15, -0.1) is 0 Å². The van der Waals surface area contributed by atoms with Crippen LogP contribution in [-0.4, -0.2) is 18.4 Å². The van der Waals surface area contributed by atoms with E-state index in [1.807, 2.05) is 13.8 Å². The Morgan fingerprint density at radius 1 is 1.50 bits per heavy atom. The van der Waals surface area contributed by atoms with Gasteiger partial charge in [0.2, 0.25) is 5.88 Å². The number of nitrogens with zero attached hydrogens (tertiary/aromatic N) is 1. The number of hydrogen-bond acceptors (Lipinski definition) is 3. The van der Waals surface area contributed by atoms with E-state index in [0.717, 1.165) is 6.29 Å². The molecular formula is C9H13NO2. The summed E-state index contributed by atoms with van der Waals surface area (Å²) >= 11 is 0. The van der Waals surface area contributed by atoms with Crippen LogP contribution in [0, 0.1) is 0 Å². The van der Waals surface area contributed by atoms with E-state index in [9.17, 15) is 4.79 Å². The number of methoxy groups -OCH3 is 1. The summed E-state index contributed by atoms with van der Waals surface area (Å²) in [4.78, 5) is 14.0. The summed E-state index contributed by atoms with van der Waals surface area (Å²) in [6.07, 6.45) is 2.28. The van der Waals surface area contributed by atoms with Crippen LogP contribution < -0.4 is 4.74 Å². The van der Waals surface area contributed by atoms with Crippen LogP contribution in [0.3, 0.4) is 0 Å². The zero-order valence-electron chi connectivity index (χ0n) is 7.57. The Kier molecular flexibility index (Phi) is 5.61. The van der Waals surface area contributed by atoms with Crippen molar-refractivity contribution in [3.8, 4) is 5.88 Å². The molecule has 0 saturated carbocycles. The third kappa shape index (κ3) is 3.14. The highest BCUT2D eigenvalue weighted by Gasteiger charge is 1.92. The second kappa shape index (κ2) is 6.34. The van der Waals surface area contributed by atoms with E-state index in [1.54, 1.807) is 12.1 Å². The lowest BCUT2D eigenvalue weighted by Crippen LogP contribution is -1.88. The van der Waals surface area contributed by atoms with Gasteiger partial charge in [-0.05, 0) is 6.07 Å². The molecule has 1 heterocycles. The van der Waals surface area contributed by atoms with Crippen molar-refractivity contribution in [1.82, 2.24) is 4.98 Å². The average molecular weight is 167 g/mol. The Hall–Kier alpha value is -1.38. The van der Waals surface area contributed by atoms with E-state index in [4.69, 9.17) is 4.74 Å². The number of aromatic nitrogens is 1. The topological polar surface area (TPSA) is 39.2 Å². The molecule has 0 saturated heterocycles. The minimum atomic E-state index is 0.463. The highest BCUT2D eigenvalue weighted by molar-refractivity contribution is 5.74. The maximum absolute atomic E-state index is 10.2. The quantitative estimate of drug-likeness (QED) is 0.632. The number of carbonyl (C=O) groups excluding carboxylic acids is 1. The molecule has 0 aromatic carbocycles. The van der Waals surface area contributed by atoms with Crippen LogP contribution >= 0.6 is 0 Å². The molecule has 0 aliphatic rings. The number of pyridine rings is 1. The first-order valence-corrected chi connectivity index (χ1v) is 3.82. The van der Waals surface area contributed by atoms with Crippen LogP contribution in [0.4, 0.5) is 0 Å². The highest BCUT2D eigenvalue weighted by Crippen LogP contribution is 2.05. The van der Waals surface area contributed by atoms with Crippen molar-refractivity contribution in [2.45, 2.75) is 13.8 Å². The van der Waals surface area contributed by atoms with E-state index < -0.39 is 0 Å². The molecule has 12 heavy (non-hydrogen) atoms. The van der Waals surface area contributed by atoms with E-state index in [1.165, 1.54) is 13.3 Å². The van der Waals surface area contributed by atoms with Gasteiger partial charge in [-0.1, -0.05) is 13.8 Å². The number of rotatable bonds is 2. The van der Waals surface area contributed by atoms with Crippen molar-refractivity contribution in [3.05, 3.63) is 23.9 Å². The van der Waals surface area contributed by atoms with Crippen molar-refractivity contribution in [3.63, 3.8) is 0 Å². The SMILES string of the molecule is CC.COc1cc(C=O)ccn1. The summed E-state index contributed by atoms with van der Waals surface area (Å²) in [5.41, 5.74) is 0.576. The fraction of sp³-hybridized carbons (Fsp3) is 0.333. The zero-order valence-corrected chi connectivity index (χ0v) is 7.57. The monoisotopic (exact) mass is 167 g/mol. The first-order valence-electron chi connectivity index (χ1n) is 3.82. The summed E-state index contributed by atoms with van der Waals surface area (Å²) in [6.45, 7) is 4.00. The Balaban J connectivity index is 0.000000561. The molecule has 1 aromatic rings. The van der Waals surface area contributed by atoms with Crippen molar-refractivity contribution in [1.29, 1.82) is 0 Å². The lowest BCUT2D eigenvalue weighted by atomic mass is 10.3. The third-order valence-corrected chi connectivity index (χ3v) is 1.10. The van der Waals surface area contributed by atoms with Gasteiger partial charge in [0.1, 0.15) is 6.29 Å². The van der Waals surface area contributed by atoms with Gasteiger partial charge >= 0.3 is 0 Å². The van der Waals surface area contributed by atoms with Crippen LogP contribution in [0.1, 0.15) is 24.2 Å². The van der Waals surface area contributed by atoms with Gasteiger partial charge in [0.25, 0.3) is 0 Å². The van der Waals surface area contributed by atoms with Gasteiger partial charge in [-0.3, -0.25) is 4.79 Å². The highest BCUT2D eigenvalue weighted by atomic mass is 16.5. The van der Waals surface area contributed by atoms with Gasteiger partial charge in [-0.25, -0.2) is 4.98 Å². The van der Waals surface area contributed by atoms with Crippen LogP contribution in [0.2, 0.25) is 0 Å². The molecule has 3 nitrogen and oxygen atoms in total. The molecule has 0 fully saturated rings.